The van der Waals surface area contributed by atoms with Crippen molar-refractivity contribution in [3.63, 3.8) is 0 Å². The summed E-state index contributed by atoms with van der Waals surface area (Å²) < 4.78 is 65.8. The molecule has 2 aromatic rings. The van der Waals surface area contributed by atoms with E-state index in [1.807, 2.05) is 0 Å². The lowest BCUT2D eigenvalue weighted by atomic mass is 10.1. The van der Waals surface area contributed by atoms with Crippen LogP contribution < -0.4 is 14.8 Å². The van der Waals surface area contributed by atoms with Gasteiger partial charge in [-0.05, 0) is 61.4 Å². The number of methoxy groups -OCH3 is 1. The number of nitrogens with zero attached hydrogens (tertiary/aromatic N) is 1. The van der Waals surface area contributed by atoms with Gasteiger partial charge in [-0.2, -0.15) is 13.1 Å². The maximum atomic E-state index is 12.8. The van der Waals surface area contributed by atoms with Crippen molar-refractivity contribution in [3.05, 3.63) is 48.5 Å². The fourth-order valence-corrected chi connectivity index (χ4v) is 4.58. The fraction of sp³-hybridized carbons (Fsp3) is 0.350. The summed E-state index contributed by atoms with van der Waals surface area (Å²) in [5.74, 6) is 0.535. The number of hydrogen-bond acceptors (Lipinski definition) is 6. The van der Waals surface area contributed by atoms with E-state index in [2.05, 4.69) is 10.1 Å². The molecule has 2 aromatic carbocycles. The smallest absolute Gasteiger partial charge is 0.411 e. The van der Waals surface area contributed by atoms with E-state index in [4.69, 9.17) is 9.47 Å². The number of nitrogens with one attached hydrogen (secondary N) is 1. The van der Waals surface area contributed by atoms with Crippen molar-refractivity contribution in [2.45, 2.75) is 30.5 Å². The predicted molar refractivity (Wildman–Crippen MR) is 108 cm³/mol. The SMILES string of the molecule is COc1ccc(S(=O)(=O)N2CCC(OC(=O)Nc3ccc(OC(F)F)cc3)CC2)cc1. The molecule has 0 unspecified atom stereocenters. The summed E-state index contributed by atoms with van der Waals surface area (Å²) in [7, 11) is -2.14. The first-order chi connectivity index (χ1) is 14.8. The highest BCUT2D eigenvalue weighted by molar-refractivity contribution is 7.89. The highest BCUT2D eigenvalue weighted by atomic mass is 32.2. The Bertz CT molecular complexity index is 976. The lowest BCUT2D eigenvalue weighted by Gasteiger charge is -2.30. The number of anilines is 1. The maximum absolute atomic E-state index is 12.8. The lowest BCUT2D eigenvalue weighted by Crippen LogP contribution is -2.41. The summed E-state index contributed by atoms with van der Waals surface area (Å²) in [4.78, 5) is 12.2. The quantitative estimate of drug-likeness (QED) is 0.683. The van der Waals surface area contributed by atoms with Crippen molar-refractivity contribution in [1.29, 1.82) is 0 Å². The van der Waals surface area contributed by atoms with Gasteiger partial charge < -0.3 is 14.2 Å². The van der Waals surface area contributed by atoms with Gasteiger partial charge in [0.1, 0.15) is 17.6 Å². The molecule has 0 aromatic heterocycles. The van der Waals surface area contributed by atoms with Crippen molar-refractivity contribution < 1.29 is 36.2 Å². The molecule has 0 bridgehead atoms. The number of piperidine rings is 1. The Labute approximate surface area is 178 Å². The second kappa shape index (κ2) is 9.92. The van der Waals surface area contributed by atoms with Crippen LogP contribution in [0.4, 0.5) is 19.3 Å². The largest absolute Gasteiger partial charge is 0.497 e. The molecule has 1 fully saturated rings. The van der Waals surface area contributed by atoms with E-state index in [1.165, 1.54) is 47.8 Å². The Morgan fingerprint density at radius 1 is 1.03 bits per heavy atom. The molecule has 0 radical (unpaired) electrons. The zero-order chi connectivity index (χ0) is 22.4. The topological polar surface area (TPSA) is 94.2 Å². The van der Waals surface area contributed by atoms with Gasteiger partial charge in [0.2, 0.25) is 10.0 Å². The van der Waals surface area contributed by atoms with Crippen LogP contribution in [0.5, 0.6) is 11.5 Å². The average molecular weight is 456 g/mol. The van der Waals surface area contributed by atoms with Crippen molar-refractivity contribution in [2.24, 2.45) is 0 Å². The average Bonchev–Trinajstić information content (AvgIpc) is 2.75. The van der Waals surface area contributed by atoms with Gasteiger partial charge in [0.15, 0.2) is 0 Å². The second-order valence-electron chi connectivity index (χ2n) is 6.71. The normalized spacial score (nSPS) is 15.5. The van der Waals surface area contributed by atoms with Gasteiger partial charge in [-0.25, -0.2) is 13.2 Å². The van der Waals surface area contributed by atoms with E-state index in [0.29, 0.717) is 24.3 Å². The molecule has 1 heterocycles. The summed E-state index contributed by atoms with van der Waals surface area (Å²) in [6, 6.07) is 11.5. The first-order valence-electron chi connectivity index (χ1n) is 9.44. The summed E-state index contributed by atoms with van der Waals surface area (Å²) in [6.07, 6.45) is -0.448. The molecule has 0 spiro atoms. The standard InChI is InChI=1S/C20H22F2N2O6S/c1-28-15-6-8-18(9-7-15)31(26,27)24-12-10-17(11-13-24)30-20(25)23-14-2-4-16(5-3-14)29-19(21)22/h2-9,17,19H,10-13H2,1H3,(H,23,25). The summed E-state index contributed by atoms with van der Waals surface area (Å²) in [5.41, 5.74) is 0.353. The number of sulfonamides is 1. The molecular weight excluding hydrogens is 434 g/mol. The molecule has 31 heavy (non-hydrogen) atoms. The van der Waals surface area contributed by atoms with E-state index in [9.17, 15) is 22.0 Å². The number of amides is 1. The Morgan fingerprint density at radius 2 is 1.61 bits per heavy atom. The molecule has 1 aliphatic heterocycles. The molecule has 0 atom stereocenters. The fourth-order valence-electron chi connectivity index (χ4n) is 3.11. The monoisotopic (exact) mass is 456 g/mol. The number of halogens is 2. The van der Waals surface area contributed by atoms with E-state index in [1.54, 1.807) is 12.1 Å². The number of carbonyl (C=O) groups excluding carboxylic acids is 1. The predicted octanol–water partition coefficient (Wildman–Crippen LogP) is 3.70. The minimum absolute atomic E-state index is 0.0284. The van der Waals surface area contributed by atoms with Crippen molar-refractivity contribution in [3.8, 4) is 11.5 Å². The number of rotatable bonds is 7. The van der Waals surface area contributed by atoms with E-state index < -0.39 is 28.8 Å². The highest BCUT2D eigenvalue weighted by Gasteiger charge is 2.31. The first kappa shape index (κ1) is 22.8. The third-order valence-electron chi connectivity index (χ3n) is 4.70. The molecule has 1 saturated heterocycles. The van der Waals surface area contributed by atoms with Gasteiger partial charge in [-0.15, -0.1) is 0 Å². The summed E-state index contributed by atoms with van der Waals surface area (Å²) >= 11 is 0. The van der Waals surface area contributed by atoms with Gasteiger partial charge in [-0.1, -0.05) is 0 Å². The van der Waals surface area contributed by atoms with E-state index >= 15 is 0 Å². The number of carbonyl (C=O) groups is 1. The Morgan fingerprint density at radius 3 is 2.16 bits per heavy atom. The maximum Gasteiger partial charge on any atom is 0.411 e. The highest BCUT2D eigenvalue weighted by Crippen LogP contribution is 2.24. The van der Waals surface area contributed by atoms with Crippen molar-refractivity contribution in [2.75, 3.05) is 25.5 Å². The molecule has 1 aliphatic rings. The van der Waals surface area contributed by atoms with Crippen LogP contribution in [0.1, 0.15) is 12.8 Å². The third kappa shape index (κ3) is 6.05. The van der Waals surface area contributed by atoms with Crippen LogP contribution in [0.3, 0.4) is 0 Å². The van der Waals surface area contributed by atoms with Crippen molar-refractivity contribution in [1.82, 2.24) is 4.31 Å². The lowest BCUT2D eigenvalue weighted by molar-refractivity contribution is -0.0498. The summed E-state index contributed by atoms with van der Waals surface area (Å²) in [5, 5.41) is 2.50. The molecule has 1 amide bonds. The van der Waals surface area contributed by atoms with Gasteiger partial charge in [0, 0.05) is 18.8 Å². The van der Waals surface area contributed by atoms with Crippen LogP contribution in [-0.2, 0) is 14.8 Å². The van der Waals surface area contributed by atoms with Crippen LogP contribution in [-0.4, -0.2) is 51.7 Å². The number of ether oxygens (including phenoxy) is 3. The van der Waals surface area contributed by atoms with Crippen molar-refractivity contribution >= 4 is 21.8 Å². The van der Waals surface area contributed by atoms with Crippen LogP contribution in [0.2, 0.25) is 0 Å². The van der Waals surface area contributed by atoms with Gasteiger partial charge in [0.05, 0.1) is 12.0 Å². The number of hydrogen-bond donors (Lipinski definition) is 1. The zero-order valence-electron chi connectivity index (χ0n) is 16.7. The molecule has 0 saturated carbocycles. The number of alkyl halides is 2. The Kier molecular flexibility index (Phi) is 7.29. The third-order valence-corrected chi connectivity index (χ3v) is 6.61. The molecule has 168 valence electrons. The van der Waals surface area contributed by atoms with Gasteiger partial charge >= 0.3 is 12.7 Å². The summed E-state index contributed by atoms with van der Waals surface area (Å²) in [6.45, 7) is -2.50. The molecule has 1 N–H and O–H groups in total. The molecule has 11 heteroatoms. The minimum atomic E-state index is -3.64. The number of benzene rings is 2. The van der Waals surface area contributed by atoms with Crippen LogP contribution >= 0.6 is 0 Å². The van der Waals surface area contributed by atoms with E-state index in [-0.39, 0.29) is 23.7 Å². The molecule has 0 aliphatic carbocycles. The zero-order valence-corrected chi connectivity index (χ0v) is 17.5. The molecule has 8 nitrogen and oxygen atoms in total. The Balaban J connectivity index is 1.49. The second-order valence-corrected chi connectivity index (χ2v) is 8.65. The van der Waals surface area contributed by atoms with E-state index in [0.717, 1.165) is 0 Å². The van der Waals surface area contributed by atoms with Crippen LogP contribution in [0.25, 0.3) is 0 Å². The minimum Gasteiger partial charge on any atom is -0.497 e. The Hall–Kier alpha value is -2.92. The van der Waals surface area contributed by atoms with Gasteiger partial charge in [-0.3, -0.25) is 5.32 Å². The van der Waals surface area contributed by atoms with Crippen LogP contribution in [0.15, 0.2) is 53.4 Å². The van der Waals surface area contributed by atoms with Crippen LogP contribution in [0, 0.1) is 0 Å². The molecule has 3 rings (SSSR count). The molecular formula is C20H22F2N2O6S. The van der Waals surface area contributed by atoms with Gasteiger partial charge in [0.25, 0.3) is 0 Å². The first-order valence-corrected chi connectivity index (χ1v) is 10.9.